The predicted octanol–water partition coefficient (Wildman–Crippen LogP) is -0.825. The average Bonchev–Trinajstić information content (AvgIpc) is 1.98. The summed E-state index contributed by atoms with van der Waals surface area (Å²) in [6.07, 6.45) is 0. The largest absolute Gasteiger partial charge is 0.398 e. The summed E-state index contributed by atoms with van der Waals surface area (Å²) >= 11 is 0. The van der Waals surface area contributed by atoms with Gasteiger partial charge in [0.25, 0.3) is 5.91 Å². The summed E-state index contributed by atoms with van der Waals surface area (Å²) in [5.41, 5.74) is -0.493. The second-order valence-electron chi connectivity index (χ2n) is 1.74. The van der Waals surface area contributed by atoms with Gasteiger partial charge >= 0.3 is 0 Å². The Morgan fingerprint density at radius 3 is 2.50 bits per heavy atom. The standard InChI is InChI=1S/C6H7N3O3/c1-4(10)8-6(11)5(3-7)9-12-2/h1-2H3,(H,8,10,11). The molecule has 0 unspecified atom stereocenters. The third kappa shape index (κ3) is 3.31. The number of nitriles is 1. The molecule has 0 aromatic rings. The van der Waals surface area contributed by atoms with Crippen molar-refractivity contribution >= 4 is 17.5 Å². The van der Waals surface area contributed by atoms with Gasteiger partial charge in [0.1, 0.15) is 13.2 Å². The van der Waals surface area contributed by atoms with Gasteiger partial charge in [-0.2, -0.15) is 5.26 Å². The van der Waals surface area contributed by atoms with Gasteiger partial charge in [0.15, 0.2) is 0 Å². The maximum atomic E-state index is 10.8. The van der Waals surface area contributed by atoms with Crippen molar-refractivity contribution in [3.63, 3.8) is 0 Å². The van der Waals surface area contributed by atoms with Gasteiger partial charge < -0.3 is 4.84 Å². The minimum Gasteiger partial charge on any atom is -0.398 e. The number of carbonyl (C=O) groups excluding carboxylic acids is 2. The average molecular weight is 169 g/mol. The molecular formula is C6H7N3O3. The Kier molecular flexibility index (Phi) is 4.08. The highest BCUT2D eigenvalue weighted by Crippen LogP contribution is 1.79. The molecule has 0 aliphatic rings. The van der Waals surface area contributed by atoms with Crippen molar-refractivity contribution in [2.45, 2.75) is 6.92 Å². The van der Waals surface area contributed by atoms with Gasteiger partial charge in [-0.05, 0) is 0 Å². The van der Waals surface area contributed by atoms with Crippen LogP contribution in [-0.4, -0.2) is 24.6 Å². The van der Waals surface area contributed by atoms with Crippen LogP contribution in [0.15, 0.2) is 5.16 Å². The van der Waals surface area contributed by atoms with Gasteiger partial charge in [-0.1, -0.05) is 5.16 Å². The number of imide groups is 1. The monoisotopic (exact) mass is 169 g/mol. The van der Waals surface area contributed by atoms with Crippen LogP contribution in [0.25, 0.3) is 0 Å². The smallest absolute Gasteiger partial charge is 0.290 e. The van der Waals surface area contributed by atoms with Crippen molar-refractivity contribution in [1.29, 1.82) is 5.26 Å². The quantitative estimate of drug-likeness (QED) is 0.431. The highest BCUT2D eigenvalue weighted by molar-refractivity contribution is 6.46. The summed E-state index contributed by atoms with van der Waals surface area (Å²) in [4.78, 5) is 25.3. The van der Waals surface area contributed by atoms with Crippen molar-refractivity contribution in [3.8, 4) is 6.07 Å². The highest BCUT2D eigenvalue weighted by atomic mass is 16.6. The zero-order valence-electron chi connectivity index (χ0n) is 6.62. The SMILES string of the molecule is CON=C(C#N)C(=O)NC(C)=O. The minimum atomic E-state index is -0.869. The van der Waals surface area contributed by atoms with Gasteiger partial charge in [-0.3, -0.25) is 14.9 Å². The molecule has 0 saturated carbocycles. The normalized spacial score (nSPS) is 9.92. The molecule has 0 spiro atoms. The van der Waals surface area contributed by atoms with E-state index < -0.39 is 17.5 Å². The topological polar surface area (TPSA) is 91.5 Å². The van der Waals surface area contributed by atoms with Gasteiger partial charge in [0.05, 0.1) is 0 Å². The van der Waals surface area contributed by atoms with E-state index in [1.54, 1.807) is 0 Å². The van der Waals surface area contributed by atoms with Gasteiger partial charge in [-0.25, -0.2) is 0 Å². The fourth-order valence-corrected chi connectivity index (χ4v) is 0.423. The number of nitrogens with zero attached hydrogens (tertiary/aromatic N) is 2. The van der Waals surface area contributed by atoms with E-state index in [2.05, 4.69) is 9.99 Å². The van der Waals surface area contributed by atoms with Crippen molar-refractivity contribution in [2.75, 3.05) is 7.11 Å². The molecule has 0 aliphatic heterocycles. The summed E-state index contributed by atoms with van der Waals surface area (Å²) in [5.74, 6) is -1.43. The molecule has 0 aromatic heterocycles. The number of hydrogen-bond acceptors (Lipinski definition) is 5. The maximum absolute atomic E-state index is 10.8. The van der Waals surface area contributed by atoms with E-state index >= 15 is 0 Å². The van der Waals surface area contributed by atoms with Crippen LogP contribution in [0.1, 0.15) is 6.92 Å². The number of amides is 2. The number of rotatable bonds is 2. The molecule has 0 atom stereocenters. The molecule has 0 aromatic carbocycles. The van der Waals surface area contributed by atoms with E-state index in [1.165, 1.54) is 13.2 Å². The molecule has 0 aliphatic carbocycles. The zero-order chi connectivity index (χ0) is 9.56. The van der Waals surface area contributed by atoms with Crippen LogP contribution in [-0.2, 0) is 14.4 Å². The van der Waals surface area contributed by atoms with Crippen molar-refractivity contribution in [3.05, 3.63) is 0 Å². The molecule has 0 radical (unpaired) electrons. The third-order valence-electron chi connectivity index (χ3n) is 0.793. The van der Waals surface area contributed by atoms with E-state index in [4.69, 9.17) is 5.26 Å². The molecular weight excluding hydrogens is 162 g/mol. The molecule has 0 rings (SSSR count). The van der Waals surface area contributed by atoms with Gasteiger partial charge in [0.2, 0.25) is 11.6 Å². The number of oxime groups is 1. The maximum Gasteiger partial charge on any atom is 0.290 e. The Labute approximate surface area is 68.8 Å². The summed E-state index contributed by atoms with van der Waals surface area (Å²) in [7, 11) is 1.19. The van der Waals surface area contributed by atoms with E-state index in [0.717, 1.165) is 6.92 Å². The van der Waals surface area contributed by atoms with Crippen LogP contribution in [0.5, 0.6) is 0 Å². The van der Waals surface area contributed by atoms with Crippen LogP contribution < -0.4 is 5.32 Å². The molecule has 1 N–H and O–H groups in total. The molecule has 12 heavy (non-hydrogen) atoms. The Morgan fingerprint density at radius 1 is 1.58 bits per heavy atom. The fourth-order valence-electron chi connectivity index (χ4n) is 0.423. The Hall–Kier alpha value is -1.90. The van der Waals surface area contributed by atoms with E-state index in [-0.39, 0.29) is 0 Å². The van der Waals surface area contributed by atoms with Gasteiger partial charge in [-0.15, -0.1) is 0 Å². The van der Waals surface area contributed by atoms with Gasteiger partial charge in [0, 0.05) is 6.92 Å². The Morgan fingerprint density at radius 2 is 2.17 bits per heavy atom. The molecule has 0 saturated heterocycles. The van der Waals surface area contributed by atoms with Crippen LogP contribution in [0.2, 0.25) is 0 Å². The molecule has 2 amide bonds. The summed E-state index contributed by atoms with van der Waals surface area (Å²) in [6, 6.07) is 1.47. The second kappa shape index (κ2) is 4.85. The highest BCUT2D eigenvalue weighted by Gasteiger charge is 2.12. The first-order chi connectivity index (χ1) is 5.61. The molecule has 0 heterocycles. The summed E-state index contributed by atoms with van der Waals surface area (Å²) < 4.78 is 0. The van der Waals surface area contributed by atoms with Crippen LogP contribution in [0, 0.1) is 11.3 Å². The fraction of sp³-hybridized carbons (Fsp3) is 0.333. The van der Waals surface area contributed by atoms with E-state index in [9.17, 15) is 9.59 Å². The van der Waals surface area contributed by atoms with Crippen LogP contribution in [0.3, 0.4) is 0 Å². The lowest BCUT2D eigenvalue weighted by Gasteiger charge is -1.95. The zero-order valence-corrected chi connectivity index (χ0v) is 6.62. The van der Waals surface area contributed by atoms with E-state index in [1.807, 2.05) is 5.32 Å². The minimum absolute atomic E-state index is 0.493. The molecule has 64 valence electrons. The summed E-state index contributed by atoms with van der Waals surface area (Å²) in [6.45, 7) is 1.15. The lowest BCUT2D eigenvalue weighted by Crippen LogP contribution is -2.33. The Bertz CT molecular complexity index is 264. The first-order valence-corrected chi connectivity index (χ1v) is 2.95. The van der Waals surface area contributed by atoms with Crippen molar-refractivity contribution < 1.29 is 14.4 Å². The molecule has 6 heteroatoms. The second-order valence-corrected chi connectivity index (χ2v) is 1.74. The number of hydrogen-bond donors (Lipinski definition) is 1. The first kappa shape index (κ1) is 10.1. The Balaban J connectivity index is 4.36. The molecule has 0 fully saturated rings. The summed E-state index contributed by atoms with van der Waals surface area (Å²) in [5, 5.41) is 13.3. The third-order valence-corrected chi connectivity index (χ3v) is 0.793. The first-order valence-electron chi connectivity index (χ1n) is 2.95. The lowest BCUT2D eigenvalue weighted by atomic mass is 10.4. The van der Waals surface area contributed by atoms with Crippen LogP contribution in [0.4, 0.5) is 0 Å². The van der Waals surface area contributed by atoms with Crippen LogP contribution >= 0.6 is 0 Å². The number of nitrogens with one attached hydrogen (secondary N) is 1. The lowest BCUT2D eigenvalue weighted by molar-refractivity contribution is -0.125. The van der Waals surface area contributed by atoms with Crippen molar-refractivity contribution in [2.24, 2.45) is 5.16 Å². The predicted molar refractivity (Wildman–Crippen MR) is 38.9 cm³/mol. The van der Waals surface area contributed by atoms with E-state index in [0.29, 0.717) is 0 Å². The molecule has 6 nitrogen and oxygen atoms in total. The van der Waals surface area contributed by atoms with Crippen molar-refractivity contribution in [1.82, 2.24) is 5.32 Å². The number of carbonyl (C=O) groups is 2. The molecule has 0 bridgehead atoms.